The molecule has 6 heteroatoms. The van der Waals surface area contributed by atoms with Gasteiger partial charge in [0.25, 0.3) is 5.91 Å². The Hall–Kier alpha value is -3.44. The summed E-state index contributed by atoms with van der Waals surface area (Å²) < 4.78 is 5.55. The molecule has 0 fully saturated rings. The second-order valence-corrected chi connectivity index (χ2v) is 7.96. The number of aryl methyl sites for hydroxylation is 2. The molecule has 4 rings (SSSR count). The lowest BCUT2D eigenvalue weighted by molar-refractivity contribution is 0.0785. The molecule has 0 aliphatic carbocycles. The lowest BCUT2D eigenvalue weighted by atomic mass is 9.97. The lowest BCUT2D eigenvalue weighted by Crippen LogP contribution is -2.26. The van der Waals surface area contributed by atoms with Crippen LogP contribution in [-0.2, 0) is 6.54 Å². The fourth-order valence-corrected chi connectivity index (χ4v) is 3.69. The van der Waals surface area contributed by atoms with Crippen LogP contribution >= 0.6 is 11.6 Å². The quantitative estimate of drug-likeness (QED) is 0.392. The van der Waals surface area contributed by atoms with E-state index in [9.17, 15) is 4.79 Å². The van der Waals surface area contributed by atoms with Gasteiger partial charge in [-0.2, -0.15) is 0 Å². The maximum absolute atomic E-state index is 12.9. The third-order valence-corrected chi connectivity index (χ3v) is 5.34. The van der Waals surface area contributed by atoms with Crippen molar-refractivity contribution in [1.82, 2.24) is 15.1 Å². The summed E-state index contributed by atoms with van der Waals surface area (Å²) in [4.78, 5) is 14.5. The highest BCUT2D eigenvalue weighted by atomic mass is 35.5. The fraction of sp³-hybridized carbons (Fsp3) is 0.160. The summed E-state index contributed by atoms with van der Waals surface area (Å²) >= 11 is 6.05. The summed E-state index contributed by atoms with van der Waals surface area (Å²) in [5.74, 6) is 0.980. The highest BCUT2D eigenvalue weighted by Gasteiger charge is 2.14. The van der Waals surface area contributed by atoms with E-state index in [0.717, 1.165) is 27.8 Å². The van der Waals surface area contributed by atoms with Gasteiger partial charge >= 0.3 is 0 Å². The van der Waals surface area contributed by atoms with Crippen molar-refractivity contribution in [3.8, 4) is 22.6 Å². The van der Waals surface area contributed by atoms with Gasteiger partial charge in [0.2, 0.25) is 11.8 Å². The molecule has 5 nitrogen and oxygen atoms in total. The largest absolute Gasteiger partial charge is 0.421 e. The molecule has 3 aromatic carbocycles. The highest BCUT2D eigenvalue weighted by Crippen LogP contribution is 2.29. The molecule has 156 valence electrons. The first-order chi connectivity index (χ1) is 14.9. The van der Waals surface area contributed by atoms with Gasteiger partial charge in [-0.05, 0) is 65.6 Å². The van der Waals surface area contributed by atoms with Crippen molar-refractivity contribution >= 4 is 17.5 Å². The van der Waals surface area contributed by atoms with Crippen LogP contribution in [0.15, 0.2) is 71.1 Å². The molecule has 0 bridgehead atoms. The van der Waals surface area contributed by atoms with Crippen molar-refractivity contribution in [2.75, 3.05) is 7.05 Å². The Labute approximate surface area is 186 Å². The minimum atomic E-state index is -0.0432. The number of halogens is 1. The Kier molecular flexibility index (Phi) is 5.87. The standard InChI is InChI=1S/C25H22ClN3O2/c1-16-7-8-21(24-28-27-17(2)31-24)14-23(16)19-9-11-20(12-10-19)25(30)29(3)15-18-5-4-6-22(26)13-18/h4-14H,15H2,1-3H3. The van der Waals surface area contributed by atoms with Crippen LogP contribution in [0.3, 0.4) is 0 Å². The predicted molar refractivity (Wildman–Crippen MR) is 122 cm³/mol. The maximum Gasteiger partial charge on any atom is 0.253 e. The van der Waals surface area contributed by atoms with E-state index in [2.05, 4.69) is 17.1 Å². The lowest BCUT2D eigenvalue weighted by Gasteiger charge is -2.18. The van der Waals surface area contributed by atoms with Gasteiger partial charge in [0.15, 0.2) is 0 Å². The third kappa shape index (κ3) is 4.67. The van der Waals surface area contributed by atoms with E-state index in [0.29, 0.717) is 28.9 Å². The zero-order valence-corrected chi connectivity index (χ0v) is 18.3. The number of amides is 1. The van der Waals surface area contributed by atoms with Gasteiger partial charge in [0.05, 0.1) is 0 Å². The zero-order chi connectivity index (χ0) is 22.0. The Morgan fingerprint density at radius 2 is 1.71 bits per heavy atom. The summed E-state index contributed by atoms with van der Waals surface area (Å²) in [7, 11) is 1.79. The maximum atomic E-state index is 12.9. The summed E-state index contributed by atoms with van der Waals surface area (Å²) in [6.45, 7) is 4.31. The van der Waals surface area contributed by atoms with Crippen molar-refractivity contribution in [2.45, 2.75) is 20.4 Å². The molecule has 1 heterocycles. The predicted octanol–water partition coefficient (Wildman–Crippen LogP) is 5.95. The van der Waals surface area contributed by atoms with Gasteiger partial charge in [0.1, 0.15) is 0 Å². The van der Waals surface area contributed by atoms with Crippen LogP contribution < -0.4 is 0 Å². The van der Waals surface area contributed by atoms with Crippen LogP contribution in [0.4, 0.5) is 0 Å². The molecule has 0 saturated carbocycles. The van der Waals surface area contributed by atoms with E-state index >= 15 is 0 Å². The minimum absolute atomic E-state index is 0.0432. The van der Waals surface area contributed by atoms with E-state index in [-0.39, 0.29) is 5.91 Å². The second kappa shape index (κ2) is 8.74. The molecule has 0 saturated heterocycles. The van der Waals surface area contributed by atoms with Crippen molar-refractivity contribution in [3.05, 3.63) is 94.3 Å². The van der Waals surface area contributed by atoms with Crippen molar-refractivity contribution in [3.63, 3.8) is 0 Å². The Balaban J connectivity index is 1.54. The Bertz CT molecular complexity index is 1230. The number of aromatic nitrogens is 2. The Morgan fingerprint density at radius 3 is 2.39 bits per heavy atom. The third-order valence-electron chi connectivity index (χ3n) is 5.11. The first-order valence-corrected chi connectivity index (χ1v) is 10.3. The van der Waals surface area contributed by atoms with Crippen LogP contribution in [0.5, 0.6) is 0 Å². The van der Waals surface area contributed by atoms with E-state index in [1.54, 1.807) is 18.9 Å². The molecule has 31 heavy (non-hydrogen) atoms. The van der Waals surface area contributed by atoms with Gasteiger partial charge < -0.3 is 9.32 Å². The highest BCUT2D eigenvalue weighted by molar-refractivity contribution is 6.30. The first kappa shape index (κ1) is 20.8. The molecule has 1 aromatic heterocycles. The van der Waals surface area contributed by atoms with Gasteiger partial charge in [0, 0.05) is 36.7 Å². The van der Waals surface area contributed by atoms with E-state index in [4.69, 9.17) is 16.0 Å². The molecule has 4 aromatic rings. The number of hydrogen-bond acceptors (Lipinski definition) is 4. The molecule has 0 aliphatic rings. The van der Waals surface area contributed by atoms with Gasteiger partial charge in [-0.1, -0.05) is 41.9 Å². The second-order valence-electron chi connectivity index (χ2n) is 7.52. The van der Waals surface area contributed by atoms with Crippen LogP contribution in [0, 0.1) is 13.8 Å². The summed E-state index contributed by atoms with van der Waals surface area (Å²) in [5, 5.41) is 8.67. The summed E-state index contributed by atoms with van der Waals surface area (Å²) in [6.07, 6.45) is 0. The van der Waals surface area contributed by atoms with Crippen molar-refractivity contribution in [1.29, 1.82) is 0 Å². The molecule has 0 aliphatic heterocycles. The van der Waals surface area contributed by atoms with Crippen LogP contribution in [0.25, 0.3) is 22.6 Å². The van der Waals surface area contributed by atoms with E-state index in [1.165, 1.54) is 0 Å². The molecule has 1 amide bonds. The molecular formula is C25H22ClN3O2. The van der Waals surface area contributed by atoms with E-state index < -0.39 is 0 Å². The number of carbonyl (C=O) groups excluding carboxylic acids is 1. The van der Waals surface area contributed by atoms with Crippen LogP contribution in [0.2, 0.25) is 5.02 Å². The fourth-order valence-electron chi connectivity index (χ4n) is 3.47. The van der Waals surface area contributed by atoms with Gasteiger partial charge in [-0.3, -0.25) is 4.79 Å². The molecular weight excluding hydrogens is 410 g/mol. The van der Waals surface area contributed by atoms with E-state index in [1.807, 2.05) is 66.7 Å². The minimum Gasteiger partial charge on any atom is -0.421 e. The normalized spacial score (nSPS) is 10.8. The average molecular weight is 432 g/mol. The molecule has 0 spiro atoms. The molecule has 0 atom stereocenters. The van der Waals surface area contributed by atoms with Gasteiger partial charge in [-0.25, -0.2) is 0 Å². The number of nitrogens with zero attached hydrogens (tertiary/aromatic N) is 3. The zero-order valence-electron chi connectivity index (χ0n) is 17.6. The van der Waals surface area contributed by atoms with Crippen LogP contribution in [-0.4, -0.2) is 28.1 Å². The number of carbonyl (C=O) groups is 1. The van der Waals surface area contributed by atoms with Crippen molar-refractivity contribution < 1.29 is 9.21 Å². The molecule has 0 unspecified atom stereocenters. The SMILES string of the molecule is Cc1nnc(-c2ccc(C)c(-c3ccc(C(=O)N(C)Cc4cccc(Cl)c4)cc3)c2)o1. The first-order valence-electron chi connectivity index (χ1n) is 9.92. The average Bonchev–Trinajstić information content (AvgIpc) is 3.20. The Morgan fingerprint density at radius 1 is 0.968 bits per heavy atom. The summed E-state index contributed by atoms with van der Waals surface area (Å²) in [6, 6.07) is 21.2. The smallest absolute Gasteiger partial charge is 0.253 e. The summed E-state index contributed by atoms with van der Waals surface area (Å²) in [5.41, 5.74) is 5.68. The topological polar surface area (TPSA) is 59.2 Å². The monoisotopic (exact) mass is 431 g/mol. The number of rotatable bonds is 5. The molecule has 0 radical (unpaired) electrons. The van der Waals surface area contributed by atoms with Crippen molar-refractivity contribution in [2.24, 2.45) is 0 Å². The molecule has 0 N–H and O–H groups in total. The van der Waals surface area contributed by atoms with Gasteiger partial charge in [-0.15, -0.1) is 10.2 Å². The number of hydrogen-bond donors (Lipinski definition) is 0. The van der Waals surface area contributed by atoms with Crippen LogP contribution in [0.1, 0.15) is 27.4 Å². The number of benzene rings is 3.